The van der Waals surface area contributed by atoms with Gasteiger partial charge in [0.2, 0.25) is 0 Å². The standard InChI is InChI=1S/C9H6N2Se/c10-7-12-11-6-5-8-3-1-2-4-9(8)11/h1-6H. The number of rotatable bonds is 1. The van der Waals surface area contributed by atoms with Gasteiger partial charge >= 0.3 is 76.4 Å². The van der Waals surface area contributed by atoms with Gasteiger partial charge in [0.1, 0.15) is 0 Å². The van der Waals surface area contributed by atoms with E-state index in [0.29, 0.717) is 0 Å². The maximum atomic E-state index is 8.55. The topological polar surface area (TPSA) is 28.7 Å². The van der Waals surface area contributed by atoms with Gasteiger partial charge in [-0.15, -0.1) is 0 Å². The van der Waals surface area contributed by atoms with Crippen LogP contribution in [0.25, 0.3) is 10.9 Å². The van der Waals surface area contributed by atoms with Crippen molar-refractivity contribution >= 4 is 26.1 Å². The molecular weight excluding hydrogens is 215 g/mol. The Morgan fingerprint density at radius 1 is 1.25 bits per heavy atom. The minimum absolute atomic E-state index is 0.108. The van der Waals surface area contributed by atoms with Crippen molar-refractivity contribution in [3.63, 3.8) is 0 Å². The summed E-state index contributed by atoms with van der Waals surface area (Å²) in [6.07, 6.45) is 1.97. The summed E-state index contributed by atoms with van der Waals surface area (Å²) in [7, 11) is 0. The predicted molar refractivity (Wildman–Crippen MR) is 48.7 cm³/mol. The first kappa shape index (κ1) is 7.42. The van der Waals surface area contributed by atoms with Crippen LogP contribution in [0.1, 0.15) is 0 Å². The summed E-state index contributed by atoms with van der Waals surface area (Å²) in [5, 5.41) is 9.76. The fraction of sp³-hybridized carbons (Fsp3) is 0. The van der Waals surface area contributed by atoms with Crippen LogP contribution >= 0.6 is 0 Å². The van der Waals surface area contributed by atoms with Crippen LogP contribution in [-0.4, -0.2) is 18.8 Å². The van der Waals surface area contributed by atoms with E-state index in [-0.39, 0.29) is 15.2 Å². The van der Waals surface area contributed by atoms with E-state index in [1.807, 2.05) is 34.0 Å². The van der Waals surface area contributed by atoms with E-state index in [1.54, 1.807) is 0 Å². The summed E-state index contributed by atoms with van der Waals surface area (Å²) < 4.78 is 2.00. The summed E-state index contributed by atoms with van der Waals surface area (Å²) in [6, 6.07) is 10.1. The quantitative estimate of drug-likeness (QED) is 0.672. The second-order valence-electron chi connectivity index (χ2n) is 2.38. The first-order chi connectivity index (χ1) is 5.92. The van der Waals surface area contributed by atoms with E-state index < -0.39 is 0 Å². The number of benzene rings is 1. The molecule has 2 rings (SSSR count). The van der Waals surface area contributed by atoms with Crippen LogP contribution in [0.15, 0.2) is 36.5 Å². The molecule has 1 aromatic carbocycles. The number of aromatic nitrogens is 1. The molecule has 0 amide bonds. The zero-order valence-electron chi connectivity index (χ0n) is 6.27. The second kappa shape index (κ2) is 3.02. The maximum absolute atomic E-state index is 8.55. The molecule has 12 heavy (non-hydrogen) atoms. The van der Waals surface area contributed by atoms with E-state index >= 15 is 0 Å². The Hall–Kier alpha value is -1.23. The molecule has 0 aliphatic heterocycles. The zero-order valence-corrected chi connectivity index (χ0v) is 7.98. The molecule has 2 aromatic rings. The molecule has 0 radical (unpaired) electrons. The molecule has 0 atom stereocenters. The van der Waals surface area contributed by atoms with Gasteiger partial charge < -0.3 is 0 Å². The Labute approximate surface area is 76.8 Å². The third-order valence-electron chi connectivity index (χ3n) is 1.70. The molecule has 0 spiro atoms. The molecule has 1 heterocycles. The third kappa shape index (κ3) is 1.12. The summed E-state index contributed by atoms with van der Waals surface area (Å²) in [5.41, 5.74) is 1.15. The van der Waals surface area contributed by atoms with Crippen LogP contribution in [0.3, 0.4) is 0 Å². The van der Waals surface area contributed by atoms with Crippen LogP contribution in [0.4, 0.5) is 0 Å². The van der Waals surface area contributed by atoms with Gasteiger partial charge in [0.05, 0.1) is 0 Å². The molecule has 58 valence electrons. The summed E-state index contributed by atoms with van der Waals surface area (Å²) >= 11 is -0.108. The summed E-state index contributed by atoms with van der Waals surface area (Å²) in [6.45, 7) is 0. The molecule has 0 saturated carbocycles. The summed E-state index contributed by atoms with van der Waals surface area (Å²) in [5.74, 6) is 0. The fourth-order valence-corrected chi connectivity index (χ4v) is 2.18. The Morgan fingerprint density at radius 3 is 2.92 bits per heavy atom. The van der Waals surface area contributed by atoms with Crippen molar-refractivity contribution < 1.29 is 0 Å². The number of hydrogen-bond donors (Lipinski definition) is 0. The number of nitriles is 1. The van der Waals surface area contributed by atoms with Crippen molar-refractivity contribution in [2.45, 2.75) is 0 Å². The first-order valence-corrected chi connectivity index (χ1v) is 5.16. The van der Waals surface area contributed by atoms with Gasteiger partial charge in [-0.2, -0.15) is 0 Å². The molecule has 3 heteroatoms. The van der Waals surface area contributed by atoms with Crippen LogP contribution < -0.4 is 0 Å². The van der Waals surface area contributed by atoms with Crippen molar-refractivity contribution in [2.24, 2.45) is 0 Å². The third-order valence-corrected chi connectivity index (χ3v) is 2.95. The number of nitrogens with zero attached hydrogens (tertiary/aromatic N) is 2. The van der Waals surface area contributed by atoms with Gasteiger partial charge in [0.25, 0.3) is 0 Å². The van der Waals surface area contributed by atoms with E-state index in [4.69, 9.17) is 5.26 Å². The van der Waals surface area contributed by atoms with Crippen LogP contribution in [0.5, 0.6) is 0 Å². The van der Waals surface area contributed by atoms with Gasteiger partial charge in [-0.25, -0.2) is 0 Å². The molecule has 2 nitrogen and oxygen atoms in total. The molecule has 0 N–H and O–H groups in total. The zero-order chi connectivity index (χ0) is 8.39. The Morgan fingerprint density at radius 2 is 2.08 bits per heavy atom. The van der Waals surface area contributed by atoms with Crippen molar-refractivity contribution in [1.29, 1.82) is 5.26 Å². The molecule has 0 unspecified atom stereocenters. The fourth-order valence-electron chi connectivity index (χ4n) is 1.18. The Kier molecular flexibility index (Phi) is 1.87. The van der Waals surface area contributed by atoms with Crippen molar-refractivity contribution in [3.8, 4) is 4.97 Å². The van der Waals surface area contributed by atoms with Gasteiger partial charge in [0.15, 0.2) is 0 Å². The molecule has 0 saturated heterocycles. The van der Waals surface area contributed by atoms with Crippen LogP contribution in [0, 0.1) is 10.2 Å². The first-order valence-electron chi connectivity index (χ1n) is 3.54. The van der Waals surface area contributed by atoms with Gasteiger partial charge in [-0.1, -0.05) is 0 Å². The van der Waals surface area contributed by atoms with Gasteiger partial charge in [-0.05, 0) is 0 Å². The normalized spacial score (nSPS) is 9.92. The molecule has 0 fully saturated rings. The van der Waals surface area contributed by atoms with Crippen molar-refractivity contribution in [1.82, 2.24) is 3.58 Å². The average Bonchev–Trinajstić information content (AvgIpc) is 2.50. The van der Waals surface area contributed by atoms with E-state index in [2.05, 4.69) is 11.0 Å². The Balaban J connectivity index is 2.64. The van der Waals surface area contributed by atoms with Gasteiger partial charge in [0, 0.05) is 0 Å². The predicted octanol–water partition coefficient (Wildman–Crippen LogP) is 1.59. The van der Waals surface area contributed by atoms with Crippen molar-refractivity contribution in [2.75, 3.05) is 0 Å². The molecular formula is C9H6N2Se. The Bertz CT molecular complexity index is 439. The minimum atomic E-state index is -0.108. The molecule has 0 aliphatic rings. The molecule has 0 aliphatic carbocycles. The summed E-state index contributed by atoms with van der Waals surface area (Å²) in [4.78, 5) is 2.19. The molecule has 1 aromatic heterocycles. The number of para-hydroxylation sites is 1. The van der Waals surface area contributed by atoms with Crippen molar-refractivity contribution in [3.05, 3.63) is 36.5 Å². The van der Waals surface area contributed by atoms with Crippen LogP contribution in [0.2, 0.25) is 0 Å². The number of fused-ring (bicyclic) bond motifs is 1. The SMILES string of the molecule is N#C[Se]n1ccc2ccccc21. The van der Waals surface area contributed by atoms with E-state index in [9.17, 15) is 0 Å². The molecule has 0 bridgehead atoms. The monoisotopic (exact) mass is 222 g/mol. The van der Waals surface area contributed by atoms with Gasteiger partial charge in [-0.3, -0.25) is 0 Å². The van der Waals surface area contributed by atoms with E-state index in [1.165, 1.54) is 5.39 Å². The van der Waals surface area contributed by atoms with E-state index in [0.717, 1.165) is 5.52 Å². The van der Waals surface area contributed by atoms with Crippen LogP contribution in [-0.2, 0) is 0 Å². The average molecular weight is 221 g/mol. The second-order valence-corrected chi connectivity index (χ2v) is 3.97. The number of hydrogen-bond acceptors (Lipinski definition) is 1.